The van der Waals surface area contributed by atoms with Gasteiger partial charge in [0.2, 0.25) is 5.91 Å². The van der Waals surface area contributed by atoms with Crippen molar-refractivity contribution >= 4 is 34.5 Å². The smallest absolute Gasteiger partial charge is 0.265 e. The lowest BCUT2D eigenvalue weighted by molar-refractivity contribution is -0.118. The van der Waals surface area contributed by atoms with Gasteiger partial charge in [-0.05, 0) is 54.4 Å². The van der Waals surface area contributed by atoms with Crippen LogP contribution in [0.25, 0.3) is 10.4 Å². The van der Waals surface area contributed by atoms with Crippen LogP contribution in [0.4, 0.5) is 15.8 Å². The van der Waals surface area contributed by atoms with Gasteiger partial charge in [0.1, 0.15) is 5.82 Å². The maximum absolute atomic E-state index is 13.1. The minimum atomic E-state index is -0.293. The van der Waals surface area contributed by atoms with Gasteiger partial charge < -0.3 is 10.6 Å². The number of benzene rings is 2. The minimum absolute atomic E-state index is 0.0803. The molecule has 0 fully saturated rings. The highest BCUT2D eigenvalue weighted by molar-refractivity contribution is 7.17. The molecule has 2 amide bonds. The Kier molecular flexibility index (Phi) is 5.90. The standard InChI is InChI=1S/C22H21FN2O2S/c1-13(2)21(26)24-17-9-4-14(3)18(12-17)25-22(27)20-11-10-19(28-20)15-5-7-16(23)8-6-15/h4-13H,1-3H3,(H,24,26)(H,25,27). The highest BCUT2D eigenvalue weighted by atomic mass is 32.1. The van der Waals surface area contributed by atoms with Gasteiger partial charge in [-0.2, -0.15) is 0 Å². The van der Waals surface area contributed by atoms with Crippen LogP contribution < -0.4 is 10.6 Å². The highest BCUT2D eigenvalue weighted by Gasteiger charge is 2.13. The fourth-order valence-electron chi connectivity index (χ4n) is 2.53. The van der Waals surface area contributed by atoms with Gasteiger partial charge in [0, 0.05) is 22.2 Å². The summed E-state index contributed by atoms with van der Waals surface area (Å²) in [6, 6.07) is 15.2. The van der Waals surface area contributed by atoms with Crippen molar-refractivity contribution in [2.45, 2.75) is 20.8 Å². The molecular weight excluding hydrogens is 375 g/mol. The first-order valence-electron chi connectivity index (χ1n) is 8.92. The molecule has 144 valence electrons. The summed E-state index contributed by atoms with van der Waals surface area (Å²) in [7, 11) is 0. The predicted octanol–water partition coefficient (Wildman–Crippen LogP) is 5.71. The predicted molar refractivity (Wildman–Crippen MR) is 112 cm³/mol. The Labute approximate surface area is 167 Å². The zero-order chi connectivity index (χ0) is 20.3. The maximum Gasteiger partial charge on any atom is 0.265 e. The van der Waals surface area contributed by atoms with E-state index < -0.39 is 0 Å². The van der Waals surface area contributed by atoms with Crippen molar-refractivity contribution in [2.75, 3.05) is 10.6 Å². The van der Waals surface area contributed by atoms with Gasteiger partial charge in [0.25, 0.3) is 5.91 Å². The largest absolute Gasteiger partial charge is 0.326 e. The Bertz CT molecular complexity index is 1010. The molecular formula is C22H21FN2O2S. The van der Waals surface area contributed by atoms with Crippen LogP contribution in [0.15, 0.2) is 54.6 Å². The van der Waals surface area contributed by atoms with E-state index in [-0.39, 0.29) is 23.5 Å². The Morgan fingerprint density at radius 3 is 2.36 bits per heavy atom. The number of nitrogens with one attached hydrogen (secondary N) is 2. The third-order valence-corrected chi connectivity index (χ3v) is 5.37. The molecule has 6 heteroatoms. The van der Waals surface area contributed by atoms with Crippen LogP contribution in [0.1, 0.15) is 29.1 Å². The second kappa shape index (κ2) is 8.35. The lowest BCUT2D eigenvalue weighted by atomic mass is 10.1. The number of hydrogen-bond acceptors (Lipinski definition) is 3. The molecule has 0 unspecified atom stereocenters. The van der Waals surface area contributed by atoms with E-state index in [4.69, 9.17) is 0 Å². The molecule has 0 aliphatic carbocycles. The van der Waals surface area contributed by atoms with E-state index in [1.165, 1.54) is 23.5 Å². The molecule has 28 heavy (non-hydrogen) atoms. The number of thiophene rings is 1. The molecule has 0 bridgehead atoms. The van der Waals surface area contributed by atoms with Crippen molar-refractivity contribution in [3.63, 3.8) is 0 Å². The molecule has 0 aliphatic rings. The van der Waals surface area contributed by atoms with Crippen molar-refractivity contribution < 1.29 is 14.0 Å². The molecule has 1 heterocycles. The van der Waals surface area contributed by atoms with Gasteiger partial charge in [-0.3, -0.25) is 9.59 Å². The Balaban J connectivity index is 1.76. The van der Waals surface area contributed by atoms with E-state index in [0.29, 0.717) is 16.3 Å². The zero-order valence-corrected chi connectivity index (χ0v) is 16.7. The average Bonchev–Trinajstić information content (AvgIpc) is 3.15. The SMILES string of the molecule is Cc1ccc(NC(=O)C(C)C)cc1NC(=O)c1ccc(-c2ccc(F)cc2)s1. The Morgan fingerprint density at radius 1 is 0.964 bits per heavy atom. The van der Waals surface area contributed by atoms with Crippen LogP contribution in [0, 0.1) is 18.7 Å². The van der Waals surface area contributed by atoms with Crippen LogP contribution in [0.5, 0.6) is 0 Å². The van der Waals surface area contributed by atoms with Crippen LogP contribution in [0.2, 0.25) is 0 Å². The monoisotopic (exact) mass is 396 g/mol. The lowest BCUT2D eigenvalue weighted by Gasteiger charge is -2.12. The fourth-order valence-corrected chi connectivity index (χ4v) is 3.44. The van der Waals surface area contributed by atoms with Crippen molar-refractivity contribution in [3.8, 4) is 10.4 Å². The number of rotatable bonds is 5. The molecule has 1 aromatic heterocycles. The summed E-state index contributed by atoms with van der Waals surface area (Å²) < 4.78 is 13.1. The van der Waals surface area contributed by atoms with E-state index in [1.807, 2.05) is 39.0 Å². The highest BCUT2D eigenvalue weighted by Crippen LogP contribution is 2.29. The molecule has 4 nitrogen and oxygen atoms in total. The maximum atomic E-state index is 13.1. The topological polar surface area (TPSA) is 58.2 Å². The number of hydrogen-bond donors (Lipinski definition) is 2. The molecule has 0 radical (unpaired) electrons. The van der Waals surface area contributed by atoms with E-state index in [9.17, 15) is 14.0 Å². The van der Waals surface area contributed by atoms with E-state index >= 15 is 0 Å². The van der Waals surface area contributed by atoms with Crippen molar-refractivity contribution in [2.24, 2.45) is 5.92 Å². The quantitative estimate of drug-likeness (QED) is 0.580. The molecule has 2 N–H and O–H groups in total. The number of carbonyl (C=O) groups excluding carboxylic acids is 2. The summed E-state index contributed by atoms with van der Waals surface area (Å²) in [5.41, 5.74) is 3.03. The Hall–Kier alpha value is -2.99. The number of amides is 2. The number of carbonyl (C=O) groups is 2. The number of halogens is 1. The lowest BCUT2D eigenvalue weighted by Crippen LogP contribution is -2.18. The third-order valence-electron chi connectivity index (χ3n) is 4.24. The summed E-state index contributed by atoms with van der Waals surface area (Å²) in [5, 5.41) is 5.74. The van der Waals surface area contributed by atoms with Crippen molar-refractivity contribution in [3.05, 3.63) is 70.9 Å². The zero-order valence-electron chi connectivity index (χ0n) is 15.9. The summed E-state index contributed by atoms with van der Waals surface area (Å²) in [6.07, 6.45) is 0. The Morgan fingerprint density at radius 2 is 1.68 bits per heavy atom. The normalized spacial score (nSPS) is 10.8. The number of aryl methyl sites for hydroxylation is 1. The summed E-state index contributed by atoms with van der Waals surface area (Å²) in [5.74, 6) is -0.731. The van der Waals surface area contributed by atoms with Gasteiger partial charge in [-0.1, -0.05) is 32.0 Å². The van der Waals surface area contributed by atoms with Gasteiger partial charge in [-0.15, -0.1) is 11.3 Å². The fraction of sp³-hybridized carbons (Fsp3) is 0.182. The molecule has 3 aromatic rings. The van der Waals surface area contributed by atoms with Gasteiger partial charge >= 0.3 is 0 Å². The van der Waals surface area contributed by atoms with E-state index in [0.717, 1.165) is 16.0 Å². The minimum Gasteiger partial charge on any atom is -0.326 e. The summed E-state index contributed by atoms with van der Waals surface area (Å²) >= 11 is 1.34. The van der Waals surface area contributed by atoms with Crippen LogP contribution in [0.3, 0.4) is 0 Å². The van der Waals surface area contributed by atoms with Gasteiger partial charge in [-0.25, -0.2) is 4.39 Å². The summed E-state index contributed by atoms with van der Waals surface area (Å²) in [6.45, 7) is 5.53. The first kappa shape index (κ1) is 19.8. The molecule has 0 atom stereocenters. The number of anilines is 2. The van der Waals surface area contributed by atoms with Crippen LogP contribution in [-0.2, 0) is 4.79 Å². The molecule has 0 spiro atoms. The van der Waals surface area contributed by atoms with E-state index in [2.05, 4.69) is 10.6 Å². The molecule has 3 rings (SSSR count). The van der Waals surface area contributed by atoms with E-state index in [1.54, 1.807) is 24.3 Å². The second-order valence-corrected chi connectivity index (χ2v) is 7.88. The molecule has 0 aliphatic heterocycles. The average molecular weight is 396 g/mol. The first-order chi connectivity index (χ1) is 13.3. The van der Waals surface area contributed by atoms with Gasteiger partial charge in [0.15, 0.2) is 0 Å². The van der Waals surface area contributed by atoms with Crippen molar-refractivity contribution in [1.29, 1.82) is 0 Å². The molecule has 2 aromatic carbocycles. The summed E-state index contributed by atoms with van der Waals surface area (Å²) in [4.78, 5) is 26.0. The van der Waals surface area contributed by atoms with Crippen LogP contribution in [-0.4, -0.2) is 11.8 Å². The first-order valence-corrected chi connectivity index (χ1v) is 9.74. The third kappa shape index (κ3) is 4.64. The molecule has 0 saturated carbocycles. The van der Waals surface area contributed by atoms with Crippen molar-refractivity contribution in [1.82, 2.24) is 0 Å². The van der Waals surface area contributed by atoms with Crippen LogP contribution >= 0.6 is 11.3 Å². The second-order valence-electron chi connectivity index (χ2n) is 6.80. The molecule has 0 saturated heterocycles. The van der Waals surface area contributed by atoms with Gasteiger partial charge in [0.05, 0.1) is 4.88 Å².